The Bertz CT molecular complexity index is 473. The standard InChI is InChI=1S/C16H25N3OS/c1-3-7-17-15-9-12(2)18-11-14(15)16(20)19-10-13-6-4-5-8-21-13/h9,11,13H,3-8,10H2,1-2H3,(H,17,18)(H,19,20). The van der Waals surface area contributed by atoms with Crippen molar-refractivity contribution in [1.29, 1.82) is 0 Å². The highest BCUT2D eigenvalue weighted by atomic mass is 32.2. The summed E-state index contributed by atoms with van der Waals surface area (Å²) in [5.41, 5.74) is 2.46. The minimum atomic E-state index is -0.0210. The molecule has 0 aromatic carbocycles. The molecule has 1 amide bonds. The second-order valence-electron chi connectivity index (χ2n) is 5.50. The molecular formula is C16H25N3OS. The number of hydrogen-bond donors (Lipinski definition) is 2. The monoisotopic (exact) mass is 307 g/mol. The molecule has 2 N–H and O–H groups in total. The van der Waals surface area contributed by atoms with Crippen molar-refractivity contribution in [2.45, 2.75) is 44.8 Å². The van der Waals surface area contributed by atoms with Gasteiger partial charge in [-0.3, -0.25) is 9.78 Å². The van der Waals surface area contributed by atoms with E-state index in [9.17, 15) is 4.79 Å². The zero-order valence-electron chi connectivity index (χ0n) is 12.9. The summed E-state index contributed by atoms with van der Waals surface area (Å²) in [4.78, 5) is 16.6. The summed E-state index contributed by atoms with van der Waals surface area (Å²) in [6.45, 7) is 5.67. The van der Waals surface area contributed by atoms with Crippen LogP contribution in [-0.4, -0.2) is 35.0 Å². The van der Waals surface area contributed by atoms with Gasteiger partial charge in [0, 0.05) is 30.2 Å². The Morgan fingerprint density at radius 1 is 1.48 bits per heavy atom. The van der Waals surface area contributed by atoms with Crippen LogP contribution in [0.5, 0.6) is 0 Å². The molecule has 2 heterocycles. The van der Waals surface area contributed by atoms with Crippen LogP contribution >= 0.6 is 11.8 Å². The Labute approximate surface area is 131 Å². The molecule has 1 unspecified atom stereocenters. The SMILES string of the molecule is CCCNc1cc(C)ncc1C(=O)NCC1CCCCS1. The number of amides is 1. The van der Waals surface area contributed by atoms with E-state index < -0.39 is 0 Å². The molecule has 0 bridgehead atoms. The van der Waals surface area contributed by atoms with Gasteiger partial charge in [-0.15, -0.1) is 0 Å². The van der Waals surface area contributed by atoms with Gasteiger partial charge in [0.15, 0.2) is 0 Å². The van der Waals surface area contributed by atoms with Crippen LogP contribution in [0.4, 0.5) is 5.69 Å². The Kier molecular flexibility index (Phi) is 6.36. The third kappa shape index (κ3) is 4.92. The van der Waals surface area contributed by atoms with Crippen molar-refractivity contribution < 1.29 is 4.79 Å². The summed E-state index contributed by atoms with van der Waals surface area (Å²) in [6, 6.07) is 1.94. The number of aromatic nitrogens is 1. The van der Waals surface area contributed by atoms with Crippen LogP contribution in [0, 0.1) is 6.92 Å². The minimum absolute atomic E-state index is 0.0210. The van der Waals surface area contributed by atoms with E-state index in [0.717, 1.165) is 30.9 Å². The molecule has 1 aromatic heterocycles. The van der Waals surface area contributed by atoms with Crippen molar-refractivity contribution in [3.8, 4) is 0 Å². The van der Waals surface area contributed by atoms with Crippen molar-refractivity contribution in [3.05, 3.63) is 23.5 Å². The summed E-state index contributed by atoms with van der Waals surface area (Å²) in [6.07, 6.45) is 6.50. The van der Waals surface area contributed by atoms with Gasteiger partial charge < -0.3 is 10.6 Å². The molecule has 0 saturated carbocycles. The van der Waals surface area contributed by atoms with Gasteiger partial charge in [0.25, 0.3) is 5.91 Å². The first-order chi connectivity index (χ1) is 10.2. The lowest BCUT2D eigenvalue weighted by Crippen LogP contribution is -2.32. The van der Waals surface area contributed by atoms with E-state index in [1.165, 1.54) is 25.0 Å². The van der Waals surface area contributed by atoms with E-state index in [4.69, 9.17) is 0 Å². The molecule has 116 valence electrons. The first-order valence-corrected chi connectivity index (χ1v) is 8.86. The normalized spacial score (nSPS) is 18.3. The number of carbonyl (C=O) groups excluding carboxylic acids is 1. The highest BCUT2D eigenvalue weighted by molar-refractivity contribution is 7.99. The maximum absolute atomic E-state index is 12.4. The lowest BCUT2D eigenvalue weighted by molar-refractivity contribution is 0.0954. The topological polar surface area (TPSA) is 54.0 Å². The zero-order chi connectivity index (χ0) is 15.1. The van der Waals surface area contributed by atoms with E-state index in [-0.39, 0.29) is 5.91 Å². The Morgan fingerprint density at radius 2 is 2.33 bits per heavy atom. The van der Waals surface area contributed by atoms with Crippen LogP contribution in [0.25, 0.3) is 0 Å². The largest absolute Gasteiger partial charge is 0.384 e. The Balaban J connectivity index is 1.96. The Hall–Kier alpha value is -1.23. The number of aryl methyl sites for hydroxylation is 1. The molecular weight excluding hydrogens is 282 g/mol. The highest BCUT2D eigenvalue weighted by Gasteiger charge is 2.17. The summed E-state index contributed by atoms with van der Waals surface area (Å²) >= 11 is 1.97. The van der Waals surface area contributed by atoms with Crippen molar-refractivity contribution >= 4 is 23.4 Å². The van der Waals surface area contributed by atoms with Crippen molar-refractivity contribution in [2.24, 2.45) is 0 Å². The van der Waals surface area contributed by atoms with Crippen molar-refractivity contribution in [1.82, 2.24) is 10.3 Å². The number of anilines is 1. The molecule has 1 aromatic rings. The minimum Gasteiger partial charge on any atom is -0.384 e. The highest BCUT2D eigenvalue weighted by Crippen LogP contribution is 2.24. The molecule has 21 heavy (non-hydrogen) atoms. The molecule has 1 atom stereocenters. The van der Waals surface area contributed by atoms with Gasteiger partial charge in [-0.1, -0.05) is 13.3 Å². The van der Waals surface area contributed by atoms with Gasteiger partial charge in [0.1, 0.15) is 0 Å². The van der Waals surface area contributed by atoms with Crippen LogP contribution in [0.3, 0.4) is 0 Å². The third-order valence-electron chi connectivity index (χ3n) is 3.62. The molecule has 0 spiro atoms. The third-order valence-corrected chi connectivity index (χ3v) is 5.01. The van der Waals surface area contributed by atoms with Gasteiger partial charge in [-0.25, -0.2) is 0 Å². The fourth-order valence-electron chi connectivity index (χ4n) is 2.42. The molecule has 0 radical (unpaired) electrons. The predicted molar refractivity (Wildman–Crippen MR) is 90.2 cm³/mol. The predicted octanol–water partition coefficient (Wildman–Crippen LogP) is 3.23. The molecule has 1 aliphatic heterocycles. The number of pyridine rings is 1. The zero-order valence-corrected chi connectivity index (χ0v) is 13.8. The summed E-state index contributed by atoms with van der Waals surface area (Å²) in [5.74, 6) is 1.20. The van der Waals surface area contributed by atoms with Gasteiger partial charge in [-0.2, -0.15) is 11.8 Å². The second kappa shape index (κ2) is 8.27. The average Bonchev–Trinajstić information content (AvgIpc) is 2.51. The quantitative estimate of drug-likeness (QED) is 0.847. The summed E-state index contributed by atoms with van der Waals surface area (Å²) in [5, 5.41) is 6.94. The Morgan fingerprint density at radius 3 is 3.05 bits per heavy atom. The maximum Gasteiger partial charge on any atom is 0.254 e. The summed E-state index contributed by atoms with van der Waals surface area (Å²) < 4.78 is 0. The number of hydrogen-bond acceptors (Lipinski definition) is 4. The first-order valence-electron chi connectivity index (χ1n) is 7.81. The smallest absolute Gasteiger partial charge is 0.254 e. The lowest BCUT2D eigenvalue weighted by Gasteiger charge is -2.21. The number of thioether (sulfide) groups is 1. The molecule has 1 saturated heterocycles. The van der Waals surface area contributed by atoms with E-state index in [1.54, 1.807) is 6.20 Å². The van der Waals surface area contributed by atoms with Crippen LogP contribution in [-0.2, 0) is 0 Å². The molecule has 1 aliphatic rings. The molecule has 5 heteroatoms. The first kappa shape index (κ1) is 16.1. The van der Waals surface area contributed by atoms with Gasteiger partial charge in [0.05, 0.1) is 11.3 Å². The van der Waals surface area contributed by atoms with Crippen molar-refractivity contribution in [3.63, 3.8) is 0 Å². The van der Waals surface area contributed by atoms with E-state index in [0.29, 0.717) is 10.8 Å². The van der Waals surface area contributed by atoms with Gasteiger partial charge >= 0.3 is 0 Å². The number of nitrogens with zero attached hydrogens (tertiary/aromatic N) is 1. The van der Waals surface area contributed by atoms with E-state index in [1.807, 2.05) is 24.8 Å². The average molecular weight is 307 g/mol. The number of carbonyl (C=O) groups is 1. The van der Waals surface area contributed by atoms with Crippen LogP contribution in [0.1, 0.15) is 48.7 Å². The van der Waals surface area contributed by atoms with Crippen molar-refractivity contribution in [2.75, 3.05) is 24.2 Å². The molecule has 0 aliphatic carbocycles. The number of nitrogens with one attached hydrogen (secondary N) is 2. The van der Waals surface area contributed by atoms with Gasteiger partial charge in [0.2, 0.25) is 0 Å². The second-order valence-corrected chi connectivity index (χ2v) is 6.90. The molecule has 2 rings (SSSR count). The lowest BCUT2D eigenvalue weighted by atomic mass is 10.1. The maximum atomic E-state index is 12.4. The van der Waals surface area contributed by atoms with E-state index >= 15 is 0 Å². The van der Waals surface area contributed by atoms with E-state index in [2.05, 4.69) is 22.5 Å². The number of rotatable bonds is 6. The fraction of sp³-hybridized carbons (Fsp3) is 0.625. The molecule has 4 nitrogen and oxygen atoms in total. The fourth-order valence-corrected chi connectivity index (χ4v) is 3.66. The van der Waals surface area contributed by atoms with Crippen LogP contribution < -0.4 is 10.6 Å². The summed E-state index contributed by atoms with van der Waals surface area (Å²) in [7, 11) is 0. The van der Waals surface area contributed by atoms with Crippen LogP contribution in [0.15, 0.2) is 12.3 Å². The van der Waals surface area contributed by atoms with Gasteiger partial charge in [-0.05, 0) is 38.0 Å². The molecule has 1 fully saturated rings. The van der Waals surface area contributed by atoms with Crippen LogP contribution in [0.2, 0.25) is 0 Å².